The fourth-order valence-corrected chi connectivity index (χ4v) is 2.01. The minimum Gasteiger partial charge on any atom is -0.466 e. The Balaban J connectivity index is 2.19. The summed E-state index contributed by atoms with van der Waals surface area (Å²) in [6, 6.07) is 7.15. The number of furan rings is 1. The molecule has 16 heavy (non-hydrogen) atoms. The highest BCUT2D eigenvalue weighted by Gasteiger charge is 2.02. The molecular formula is C11H9Cl2NOS. The summed E-state index contributed by atoms with van der Waals surface area (Å²) < 4.78 is 5.24. The maximum atomic E-state index is 5.89. The van der Waals surface area contributed by atoms with Gasteiger partial charge in [-0.05, 0) is 18.2 Å². The van der Waals surface area contributed by atoms with E-state index in [1.165, 1.54) is 0 Å². The second-order valence-corrected chi connectivity index (χ2v) is 4.43. The maximum absolute atomic E-state index is 5.89. The van der Waals surface area contributed by atoms with Gasteiger partial charge in [0.05, 0.1) is 5.69 Å². The Kier molecular flexibility index (Phi) is 3.69. The van der Waals surface area contributed by atoms with Crippen molar-refractivity contribution in [3.63, 3.8) is 0 Å². The molecule has 0 aliphatic rings. The minimum absolute atomic E-state index is 0.567. The van der Waals surface area contributed by atoms with Crippen LogP contribution in [0.3, 0.4) is 0 Å². The van der Waals surface area contributed by atoms with Gasteiger partial charge in [-0.15, -0.1) is 0 Å². The van der Waals surface area contributed by atoms with Crippen molar-refractivity contribution >= 4 is 47.2 Å². The Bertz CT molecular complexity index is 478. The normalized spacial score (nSPS) is 10.4. The quantitative estimate of drug-likeness (QED) is 0.789. The lowest BCUT2D eigenvalue weighted by molar-refractivity contribution is 0.531. The average molecular weight is 274 g/mol. The van der Waals surface area contributed by atoms with Crippen LogP contribution in [0, 0.1) is 0 Å². The first-order valence-corrected chi connectivity index (χ1v) is 5.97. The zero-order chi connectivity index (χ0) is 11.5. The summed E-state index contributed by atoms with van der Waals surface area (Å²) in [5, 5.41) is 4.33. The Morgan fingerprint density at radius 3 is 2.31 bits per heavy atom. The van der Waals surface area contributed by atoms with E-state index in [2.05, 4.69) is 17.9 Å². The van der Waals surface area contributed by atoms with Gasteiger partial charge in [-0.1, -0.05) is 23.2 Å². The smallest absolute Gasteiger partial charge is 0.115 e. The highest BCUT2D eigenvalue weighted by atomic mass is 35.5. The first kappa shape index (κ1) is 11.7. The molecule has 0 saturated carbocycles. The molecule has 1 aromatic heterocycles. The first-order valence-electron chi connectivity index (χ1n) is 4.59. The molecule has 0 unspecified atom stereocenters. The van der Waals surface area contributed by atoms with E-state index in [0.717, 1.165) is 17.1 Å². The van der Waals surface area contributed by atoms with E-state index in [-0.39, 0.29) is 0 Å². The third-order valence-corrected chi connectivity index (χ3v) is 2.71. The van der Waals surface area contributed by atoms with Crippen molar-refractivity contribution in [3.05, 3.63) is 46.3 Å². The molecule has 1 heterocycles. The second kappa shape index (κ2) is 5.04. The van der Waals surface area contributed by atoms with Gasteiger partial charge >= 0.3 is 0 Å². The van der Waals surface area contributed by atoms with Crippen molar-refractivity contribution in [2.45, 2.75) is 5.75 Å². The summed E-state index contributed by atoms with van der Waals surface area (Å²) in [6.45, 7) is 0. The molecule has 1 N–H and O–H groups in total. The second-order valence-electron chi connectivity index (χ2n) is 3.24. The van der Waals surface area contributed by atoms with Crippen LogP contribution in [-0.2, 0) is 5.75 Å². The summed E-state index contributed by atoms with van der Waals surface area (Å²) in [6.07, 6.45) is 1.63. The van der Waals surface area contributed by atoms with Crippen LogP contribution in [0.15, 0.2) is 34.9 Å². The van der Waals surface area contributed by atoms with Gasteiger partial charge in [-0.25, -0.2) is 0 Å². The van der Waals surface area contributed by atoms with Gasteiger partial charge in [0, 0.05) is 27.6 Å². The fraction of sp³-hybridized carbons (Fsp3) is 0.0909. The summed E-state index contributed by atoms with van der Waals surface area (Å²) in [4.78, 5) is 0. The van der Waals surface area contributed by atoms with Crippen molar-refractivity contribution < 1.29 is 4.42 Å². The van der Waals surface area contributed by atoms with Crippen molar-refractivity contribution in [1.29, 1.82) is 0 Å². The zero-order valence-corrected chi connectivity index (χ0v) is 10.6. The van der Waals surface area contributed by atoms with E-state index >= 15 is 0 Å². The monoisotopic (exact) mass is 273 g/mol. The van der Waals surface area contributed by atoms with Gasteiger partial charge < -0.3 is 9.73 Å². The van der Waals surface area contributed by atoms with Crippen LogP contribution in [0.1, 0.15) is 5.76 Å². The number of benzene rings is 1. The minimum atomic E-state index is 0.567. The van der Waals surface area contributed by atoms with Gasteiger partial charge in [-0.3, -0.25) is 0 Å². The lowest BCUT2D eigenvalue weighted by Crippen LogP contribution is -1.87. The van der Waals surface area contributed by atoms with E-state index in [0.29, 0.717) is 15.8 Å². The summed E-state index contributed by atoms with van der Waals surface area (Å²) in [5.74, 6) is 1.37. The third-order valence-electron chi connectivity index (χ3n) is 1.96. The largest absolute Gasteiger partial charge is 0.466 e. The van der Waals surface area contributed by atoms with Crippen LogP contribution in [-0.4, -0.2) is 0 Å². The Morgan fingerprint density at radius 2 is 1.75 bits per heavy atom. The number of halogens is 2. The van der Waals surface area contributed by atoms with Crippen LogP contribution in [0.2, 0.25) is 10.0 Å². The average Bonchev–Trinajstić information content (AvgIpc) is 2.64. The van der Waals surface area contributed by atoms with Crippen LogP contribution in [0.5, 0.6) is 0 Å². The van der Waals surface area contributed by atoms with E-state index in [1.54, 1.807) is 24.5 Å². The SMILES string of the molecule is SCc1cc(Nc2cc(Cl)cc(Cl)c2)co1. The highest BCUT2D eigenvalue weighted by molar-refractivity contribution is 7.79. The standard InChI is InChI=1S/C11H9Cl2NOS/c12-7-1-8(13)3-9(2-7)14-10-4-11(6-16)15-5-10/h1-5,14,16H,6H2. The summed E-state index contributed by atoms with van der Waals surface area (Å²) in [5.41, 5.74) is 1.67. The molecule has 0 fully saturated rings. The lowest BCUT2D eigenvalue weighted by atomic mass is 10.3. The van der Waals surface area contributed by atoms with Crippen molar-refractivity contribution in [2.75, 3.05) is 5.32 Å². The molecular weight excluding hydrogens is 265 g/mol. The lowest BCUT2D eigenvalue weighted by Gasteiger charge is -2.04. The fourth-order valence-electron chi connectivity index (χ4n) is 1.32. The molecule has 0 saturated heterocycles. The van der Waals surface area contributed by atoms with Crippen LogP contribution < -0.4 is 5.32 Å². The molecule has 0 aliphatic heterocycles. The molecule has 1 aromatic carbocycles. The number of hydrogen-bond acceptors (Lipinski definition) is 3. The number of anilines is 2. The van der Waals surface area contributed by atoms with Crippen molar-refractivity contribution in [1.82, 2.24) is 0 Å². The third kappa shape index (κ3) is 2.88. The highest BCUT2D eigenvalue weighted by Crippen LogP contribution is 2.26. The number of nitrogens with one attached hydrogen (secondary N) is 1. The molecule has 84 valence electrons. The molecule has 0 radical (unpaired) electrons. The predicted octanol–water partition coefficient (Wildman–Crippen LogP) is 4.76. The topological polar surface area (TPSA) is 25.2 Å². The van der Waals surface area contributed by atoms with Crippen molar-refractivity contribution in [3.8, 4) is 0 Å². The molecule has 0 spiro atoms. The predicted molar refractivity (Wildman–Crippen MR) is 71.1 cm³/mol. The molecule has 2 rings (SSSR count). The maximum Gasteiger partial charge on any atom is 0.115 e. The Hall–Kier alpha value is -0.770. The molecule has 2 nitrogen and oxygen atoms in total. The Labute approximate surface area is 109 Å². The molecule has 0 bridgehead atoms. The number of hydrogen-bond donors (Lipinski definition) is 2. The van der Waals surface area contributed by atoms with E-state index in [4.69, 9.17) is 27.6 Å². The number of rotatable bonds is 3. The number of thiol groups is 1. The van der Waals surface area contributed by atoms with Gasteiger partial charge in [0.1, 0.15) is 12.0 Å². The van der Waals surface area contributed by atoms with Gasteiger partial charge in [-0.2, -0.15) is 12.6 Å². The van der Waals surface area contributed by atoms with Gasteiger partial charge in [0.15, 0.2) is 0 Å². The van der Waals surface area contributed by atoms with E-state index < -0.39 is 0 Å². The van der Waals surface area contributed by atoms with Crippen LogP contribution in [0.4, 0.5) is 11.4 Å². The van der Waals surface area contributed by atoms with Crippen molar-refractivity contribution in [2.24, 2.45) is 0 Å². The van der Waals surface area contributed by atoms with E-state index in [1.807, 2.05) is 6.07 Å². The van der Waals surface area contributed by atoms with E-state index in [9.17, 15) is 0 Å². The van der Waals surface area contributed by atoms with Gasteiger partial charge in [0.2, 0.25) is 0 Å². The van der Waals surface area contributed by atoms with Crippen LogP contribution >= 0.6 is 35.8 Å². The molecule has 0 amide bonds. The summed E-state index contributed by atoms with van der Waals surface area (Å²) in [7, 11) is 0. The van der Waals surface area contributed by atoms with Gasteiger partial charge in [0.25, 0.3) is 0 Å². The molecule has 2 aromatic rings. The molecule has 0 atom stereocenters. The molecule has 0 aliphatic carbocycles. The molecule has 5 heteroatoms. The summed E-state index contributed by atoms with van der Waals surface area (Å²) >= 11 is 15.9. The first-order chi connectivity index (χ1) is 7.67. The van der Waals surface area contributed by atoms with Crippen LogP contribution in [0.25, 0.3) is 0 Å². The zero-order valence-electron chi connectivity index (χ0n) is 8.21. The Morgan fingerprint density at radius 1 is 1.06 bits per heavy atom.